The third-order valence-electron chi connectivity index (χ3n) is 3.65. The zero-order valence-corrected chi connectivity index (χ0v) is 13.0. The summed E-state index contributed by atoms with van der Waals surface area (Å²) in [6.45, 7) is 8.59. The van der Waals surface area contributed by atoms with E-state index in [-0.39, 0.29) is 0 Å². The monoisotopic (exact) mass is 269 g/mol. The molecule has 0 unspecified atom stereocenters. The zero-order chi connectivity index (χ0) is 14.7. The van der Waals surface area contributed by atoms with Crippen molar-refractivity contribution in [3.63, 3.8) is 0 Å². The Bertz CT molecular complexity index is 561. The van der Waals surface area contributed by atoms with E-state index in [1.807, 2.05) is 7.05 Å². The minimum absolute atomic E-state index is 0.544. The molecule has 0 radical (unpaired) electrons. The Kier molecular flexibility index (Phi) is 4.38. The highest BCUT2D eigenvalue weighted by atomic mass is 15.0. The maximum absolute atomic E-state index is 4.69. The first-order valence-corrected chi connectivity index (χ1v) is 7.22. The van der Waals surface area contributed by atoms with Gasteiger partial charge in [0.2, 0.25) is 0 Å². The normalized spacial score (nSPS) is 10.9. The van der Waals surface area contributed by atoms with E-state index in [2.05, 4.69) is 62.3 Å². The van der Waals surface area contributed by atoms with Crippen molar-refractivity contribution in [2.24, 2.45) is 0 Å². The Morgan fingerprint density at radius 2 is 1.75 bits per heavy atom. The first-order chi connectivity index (χ1) is 9.56. The molecule has 1 aromatic heterocycles. The summed E-state index contributed by atoms with van der Waals surface area (Å²) in [5.41, 5.74) is 4.65. The Hall–Kier alpha value is -1.90. The van der Waals surface area contributed by atoms with Crippen LogP contribution in [0.25, 0.3) is 11.4 Å². The topological polar surface area (TPSA) is 37.8 Å². The second-order valence-electron chi connectivity index (χ2n) is 5.35. The Balaban J connectivity index is 2.46. The summed E-state index contributed by atoms with van der Waals surface area (Å²) in [6, 6.07) is 8.54. The average Bonchev–Trinajstić information content (AvgIpc) is 2.47. The molecule has 3 nitrogen and oxygen atoms in total. The molecular formula is C17H23N3. The van der Waals surface area contributed by atoms with Crippen molar-refractivity contribution in [2.75, 3.05) is 12.4 Å². The SMILES string of the molecule is CCc1nc(-c2ccc(C(C)C)cc2)nc(NC)c1C. The third kappa shape index (κ3) is 2.82. The zero-order valence-electron chi connectivity index (χ0n) is 13.0. The summed E-state index contributed by atoms with van der Waals surface area (Å²) in [4.78, 5) is 9.31. The van der Waals surface area contributed by atoms with Gasteiger partial charge in [-0.25, -0.2) is 9.97 Å². The molecule has 0 atom stereocenters. The van der Waals surface area contributed by atoms with Crippen molar-refractivity contribution < 1.29 is 0 Å². The molecule has 20 heavy (non-hydrogen) atoms. The molecule has 106 valence electrons. The molecule has 0 saturated heterocycles. The highest BCUT2D eigenvalue weighted by Gasteiger charge is 2.10. The molecule has 0 aliphatic carbocycles. The van der Waals surface area contributed by atoms with E-state index < -0.39 is 0 Å². The van der Waals surface area contributed by atoms with Crippen molar-refractivity contribution in [3.8, 4) is 11.4 Å². The smallest absolute Gasteiger partial charge is 0.161 e. The van der Waals surface area contributed by atoms with Gasteiger partial charge < -0.3 is 5.32 Å². The molecule has 1 heterocycles. The van der Waals surface area contributed by atoms with Crippen molar-refractivity contribution >= 4 is 5.82 Å². The van der Waals surface area contributed by atoms with Crippen LogP contribution in [0.15, 0.2) is 24.3 Å². The number of anilines is 1. The molecule has 0 saturated carbocycles. The van der Waals surface area contributed by atoms with E-state index in [0.29, 0.717) is 5.92 Å². The van der Waals surface area contributed by atoms with Gasteiger partial charge in [0.05, 0.1) is 0 Å². The van der Waals surface area contributed by atoms with E-state index in [9.17, 15) is 0 Å². The molecule has 0 aliphatic rings. The lowest BCUT2D eigenvalue weighted by atomic mass is 10.0. The third-order valence-corrected chi connectivity index (χ3v) is 3.65. The first kappa shape index (κ1) is 14.5. The number of nitrogens with zero attached hydrogens (tertiary/aromatic N) is 2. The van der Waals surface area contributed by atoms with Crippen molar-refractivity contribution in [1.29, 1.82) is 0 Å². The van der Waals surface area contributed by atoms with Crippen LogP contribution in [-0.2, 0) is 6.42 Å². The van der Waals surface area contributed by atoms with Crippen LogP contribution in [0, 0.1) is 6.92 Å². The summed E-state index contributed by atoms with van der Waals surface area (Å²) >= 11 is 0. The molecule has 0 fully saturated rings. The van der Waals surface area contributed by atoms with Crippen LogP contribution < -0.4 is 5.32 Å². The van der Waals surface area contributed by atoms with Gasteiger partial charge in [-0.3, -0.25) is 0 Å². The van der Waals surface area contributed by atoms with E-state index in [0.717, 1.165) is 34.9 Å². The lowest BCUT2D eigenvalue weighted by molar-refractivity contribution is 0.866. The molecule has 0 amide bonds. The van der Waals surface area contributed by atoms with Crippen LogP contribution >= 0.6 is 0 Å². The average molecular weight is 269 g/mol. The van der Waals surface area contributed by atoms with Crippen molar-refractivity contribution in [3.05, 3.63) is 41.1 Å². The predicted octanol–water partition coefficient (Wildman–Crippen LogP) is 4.18. The minimum Gasteiger partial charge on any atom is -0.373 e. The Labute approximate surface area is 121 Å². The molecule has 1 aromatic carbocycles. The van der Waals surface area contributed by atoms with E-state index in [1.54, 1.807) is 0 Å². The van der Waals surface area contributed by atoms with Gasteiger partial charge in [-0.05, 0) is 24.8 Å². The molecule has 0 bridgehead atoms. The second-order valence-corrected chi connectivity index (χ2v) is 5.35. The first-order valence-electron chi connectivity index (χ1n) is 7.22. The molecular weight excluding hydrogens is 246 g/mol. The number of rotatable bonds is 4. The van der Waals surface area contributed by atoms with Crippen LogP contribution in [0.4, 0.5) is 5.82 Å². The van der Waals surface area contributed by atoms with Gasteiger partial charge in [-0.2, -0.15) is 0 Å². The summed E-state index contributed by atoms with van der Waals surface area (Å²) < 4.78 is 0. The van der Waals surface area contributed by atoms with E-state index >= 15 is 0 Å². The maximum Gasteiger partial charge on any atom is 0.161 e. The van der Waals surface area contributed by atoms with Gasteiger partial charge in [0.15, 0.2) is 5.82 Å². The summed E-state index contributed by atoms with van der Waals surface area (Å²) in [5.74, 6) is 2.26. The molecule has 0 aliphatic heterocycles. The molecule has 2 aromatic rings. The second kappa shape index (κ2) is 6.04. The number of aromatic nitrogens is 2. The maximum atomic E-state index is 4.69. The number of hydrogen-bond donors (Lipinski definition) is 1. The molecule has 0 spiro atoms. The lowest BCUT2D eigenvalue weighted by Crippen LogP contribution is -2.04. The number of benzene rings is 1. The Morgan fingerprint density at radius 1 is 1.10 bits per heavy atom. The van der Waals surface area contributed by atoms with Gasteiger partial charge in [0, 0.05) is 23.9 Å². The fraction of sp³-hybridized carbons (Fsp3) is 0.412. The standard InChI is InChI=1S/C17H23N3/c1-6-15-12(4)16(18-5)20-17(19-15)14-9-7-13(8-10-14)11(2)3/h7-11H,6H2,1-5H3,(H,18,19,20). The van der Waals surface area contributed by atoms with Crippen LogP contribution in [-0.4, -0.2) is 17.0 Å². The minimum atomic E-state index is 0.544. The van der Waals surface area contributed by atoms with E-state index in [1.165, 1.54) is 5.56 Å². The molecule has 3 heteroatoms. The quantitative estimate of drug-likeness (QED) is 0.904. The van der Waals surface area contributed by atoms with Gasteiger partial charge in [-0.15, -0.1) is 0 Å². The highest BCUT2D eigenvalue weighted by molar-refractivity contribution is 5.60. The number of nitrogens with one attached hydrogen (secondary N) is 1. The van der Waals surface area contributed by atoms with Gasteiger partial charge in [-0.1, -0.05) is 45.0 Å². The lowest BCUT2D eigenvalue weighted by Gasteiger charge is -2.12. The predicted molar refractivity (Wildman–Crippen MR) is 85.2 cm³/mol. The Morgan fingerprint density at radius 3 is 2.25 bits per heavy atom. The van der Waals surface area contributed by atoms with Gasteiger partial charge >= 0.3 is 0 Å². The summed E-state index contributed by atoms with van der Waals surface area (Å²) in [5, 5.41) is 3.16. The summed E-state index contributed by atoms with van der Waals surface area (Å²) in [7, 11) is 1.90. The van der Waals surface area contributed by atoms with Crippen LogP contribution in [0.2, 0.25) is 0 Å². The molecule has 2 rings (SSSR count). The summed E-state index contributed by atoms with van der Waals surface area (Å²) in [6.07, 6.45) is 0.917. The highest BCUT2D eigenvalue weighted by Crippen LogP contribution is 2.24. The number of aryl methyl sites for hydroxylation is 1. The number of hydrogen-bond acceptors (Lipinski definition) is 3. The van der Waals surface area contributed by atoms with Crippen LogP contribution in [0.1, 0.15) is 43.5 Å². The van der Waals surface area contributed by atoms with Gasteiger partial charge in [0.1, 0.15) is 5.82 Å². The largest absolute Gasteiger partial charge is 0.373 e. The van der Waals surface area contributed by atoms with Crippen molar-refractivity contribution in [1.82, 2.24) is 9.97 Å². The molecule has 1 N–H and O–H groups in total. The van der Waals surface area contributed by atoms with E-state index in [4.69, 9.17) is 4.98 Å². The van der Waals surface area contributed by atoms with Gasteiger partial charge in [0.25, 0.3) is 0 Å². The fourth-order valence-electron chi connectivity index (χ4n) is 2.30. The van der Waals surface area contributed by atoms with Crippen LogP contribution in [0.3, 0.4) is 0 Å². The fourth-order valence-corrected chi connectivity index (χ4v) is 2.30. The van der Waals surface area contributed by atoms with Crippen molar-refractivity contribution in [2.45, 2.75) is 40.0 Å². The van der Waals surface area contributed by atoms with Crippen LogP contribution in [0.5, 0.6) is 0 Å².